The van der Waals surface area contributed by atoms with Gasteiger partial charge in [-0.1, -0.05) is 0 Å². The Morgan fingerprint density at radius 3 is 2.32 bits per heavy atom. The summed E-state index contributed by atoms with van der Waals surface area (Å²) in [6, 6.07) is 8.30. The van der Waals surface area contributed by atoms with E-state index in [-0.39, 0.29) is 22.1 Å². The Kier molecular flexibility index (Phi) is 4.32. The van der Waals surface area contributed by atoms with Crippen LogP contribution < -0.4 is 19.9 Å². The molecule has 0 aliphatic heterocycles. The molecule has 118 valence electrons. The van der Waals surface area contributed by atoms with Gasteiger partial charge < -0.3 is 20.3 Å². The highest BCUT2D eigenvalue weighted by Gasteiger charge is 2.18. The molecule has 7 nitrogen and oxygen atoms in total. The molecule has 0 saturated heterocycles. The topological polar surface area (TPSA) is 111 Å². The number of rotatable bonds is 5. The number of methoxy groups -OCH3 is 2. The summed E-state index contributed by atoms with van der Waals surface area (Å²) in [5.41, 5.74) is 5.86. The molecule has 2 aromatic rings. The number of aromatic hydroxyl groups is 1. The van der Waals surface area contributed by atoms with Crippen molar-refractivity contribution in [1.82, 2.24) is 0 Å². The normalized spacial score (nSPS) is 11.0. The smallest absolute Gasteiger partial charge is 0.262 e. The summed E-state index contributed by atoms with van der Waals surface area (Å²) in [5.74, 6) is 0.438. The Balaban J connectivity index is 2.38. The van der Waals surface area contributed by atoms with Gasteiger partial charge in [0.05, 0.1) is 24.8 Å². The Bertz CT molecular complexity index is 790. The third kappa shape index (κ3) is 3.17. The van der Waals surface area contributed by atoms with E-state index >= 15 is 0 Å². The van der Waals surface area contributed by atoms with Crippen molar-refractivity contribution in [2.45, 2.75) is 4.90 Å². The first-order chi connectivity index (χ1) is 10.4. The average Bonchev–Trinajstić information content (AvgIpc) is 2.49. The Morgan fingerprint density at radius 1 is 1.05 bits per heavy atom. The van der Waals surface area contributed by atoms with E-state index in [4.69, 9.17) is 15.2 Å². The lowest BCUT2D eigenvalue weighted by Crippen LogP contribution is -2.13. The van der Waals surface area contributed by atoms with Crippen molar-refractivity contribution >= 4 is 21.4 Å². The van der Waals surface area contributed by atoms with E-state index in [1.165, 1.54) is 50.6 Å². The highest BCUT2D eigenvalue weighted by molar-refractivity contribution is 7.92. The van der Waals surface area contributed by atoms with Crippen molar-refractivity contribution < 1.29 is 23.0 Å². The first-order valence-corrected chi connectivity index (χ1v) is 7.69. The number of anilines is 2. The predicted octanol–water partition coefficient (Wildman–Crippen LogP) is 1.79. The number of sulfonamides is 1. The van der Waals surface area contributed by atoms with Crippen LogP contribution in [-0.2, 0) is 10.0 Å². The highest BCUT2D eigenvalue weighted by atomic mass is 32.2. The Hall–Kier alpha value is -2.61. The van der Waals surface area contributed by atoms with E-state index in [0.717, 1.165) is 0 Å². The summed E-state index contributed by atoms with van der Waals surface area (Å²) >= 11 is 0. The summed E-state index contributed by atoms with van der Waals surface area (Å²) in [7, 11) is -1.03. The molecule has 0 aliphatic rings. The fraction of sp³-hybridized carbons (Fsp3) is 0.143. The molecule has 0 atom stereocenters. The molecule has 0 radical (unpaired) electrons. The van der Waals surface area contributed by atoms with Gasteiger partial charge in [0.1, 0.15) is 5.75 Å². The zero-order valence-electron chi connectivity index (χ0n) is 12.0. The van der Waals surface area contributed by atoms with Gasteiger partial charge in [-0.15, -0.1) is 0 Å². The van der Waals surface area contributed by atoms with E-state index in [9.17, 15) is 13.5 Å². The monoisotopic (exact) mass is 324 g/mol. The lowest BCUT2D eigenvalue weighted by molar-refractivity contribution is 0.354. The van der Waals surface area contributed by atoms with E-state index in [1.54, 1.807) is 0 Å². The fourth-order valence-electron chi connectivity index (χ4n) is 1.82. The van der Waals surface area contributed by atoms with E-state index in [0.29, 0.717) is 11.4 Å². The minimum Gasteiger partial charge on any atom is -0.506 e. The zero-order valence-corrected chi connectivity index (χ0v) is 12.8. The van der Waals surface area contributed by atoms with Crippen molar-refractivity contribution in [3.05, 3.63) is 36.4 Å². The highest BCUT2D eigenvalue weighted by Crippen LogP contribution is 2.32. The third-order valence-electron chi connectivity index (χ3n) is 2.93. The van der Waals surface area contributed by atoms with Gasteiger partial charge in [0.15, 0.2) is 11.5 Å². The number of hydrogen-bond acceptors (Lipinski definition) is 6. The first-order valence-electron chi connectivity index (χ1n) is 6.20. The SMILES string of the molecule is COc1ccc(S(=O)(=O)Nc2ccc(N)cc2O)cc1OC. The van der Waals surface area contributed by atoms with Crippen molar-refractivity contribution in [1.29, 1.82) is 0 Å². The van der Waals surface area contributed by atoms with Gasteiger partial charge in [-0.25, -0.2) is 8.42 Å². The maximum Gasteiger partial charge on any atom is 0.262 e. The molecule has 0 aromatic heterocycles. The second-order valence-electron chi connectivity index (χ2n) is 4.40. The quantitative estimate of drug-likeness (QED) is 0.571. The molecule has 0 spiro atoms. The molecule has 2 rings (SSSR count). The minimum atomic E-state index is -3.89. The molecule has 0 bridgehead atoms. The maximum absolute atomic E-state index is 12.4. The van der Waals surface area contributed by atoms with E-state index in [1.807, 2.05) is 0 Å². The third-order valence-corrected chi connectivity index (χ3v) is 4.29. The number of nitrogen functional groups attached to an aromatic ring is 1. The van der Waals surface area contributed by atoms with Gasteiger partial charge in [0.2, 0.25) is 0 Å². The summed E-state index contributed by atoms with van der Waals surface area (Å²) in [5, 5.41) is 9.73. The summed E-state index contributed by atoms with van der Waals surface area (Å²) in [6.07, 6.45) is 0. The molecule has 0 heterocycles. The van der Waals surface area contributed by atoms with Crippen molar-refractivity contribution in [2.24, 2.45) is 0 Å². The number of nitrogens with two attached hydrogens (primary N) is 1. The molecule has 22 heavy (non-hydrogen) atoms. The van der Waals surface area contributed by atoms with Crippen LogP contribution in [0.3, 0.4) is 0 Å². The molecule has 4 N–H and O–H groups in total. The number of nitrogens with one attached hydrogen (secondary N) is 1. The molecule has 0 unspecified atom stereocenters. The number of phenolic OH excluding ortho intramolecular Hbond substituents is 1. The van der Waals surface area contributed by atoms with Crippen LogP contribution in [0.5, 0.6) is 17.2 Å². The van der Waals surface area contributed by atoms with Crippen LogP contribution in [-0.4, -0.2) is 27.7 Å². The molecule has 0 fully saturated rings. The van der Waals surface area contributed by atoms with E-state index in [2.05, 4.69) is 4.72 Å². The molecular weight excluding hydrogens is 308 g/mol. The van der Waals surface area contributed by atoms with Gasteiger partial charge in [-0.2, -0.15) is 0 Å². The maximum atomic E-state index is 12.4. The van der Waals surface area contributed by atoms with Crippen molar-refractivity contribution in [3.8, 4) is 17.2 Å². The second-order valence-corrected chi connectivity index (χ2v) is 6.08. The van der Waals surface area contributed by atoms with Crippen LogP contribution in [0.15, 0.2) is 41.3 Å². The van der Waals surface area contributed by atoms with Gasteiger partial charge >= 0.3 is 0 Å². The Morgan fingerprint density at radius 2 is 1.73 bits per heavy atom. The van der Waals surface area contributed by atoms with Crippen LogP contribution in [0, 0.1) is 0 Å². The molecule has 0 amide bonds. The summed E-state index contributed by atoms with van der Waals surface area (Å²) < 4.78 is 37.1. The molecule has 2 aromatic carbocycles. The van der Waals surface area contributed by atoms with Crippen LogP contribution in [0.25, 0.3) is 0 Å². The van der Waals surface area contributed by atoms with Crippen LogP contribution in [0.1, 0.15) is 0 Å². The van der Waals surface area contributed by atoms with E-state index < -0.39 is 10.0 Å². The molecular formula is C14H16N2O5S. The number of ether oxygens (including phenoxy) is 2. The molecule has 8 heteroatoms. The van der Waals surface area contributed by atoms with Crippen LogP contribution >= 0.6 is 0 Å². The molecule has 0 aliphatic carbocycles. The van der Waals surface area contributed by atoms with Gasteiger partial charge in [-0.3, -0.25) is 4.72 Å². The van der Waals surface area contributed by atoms with Crippen LogP contribution in [0.2, 0.25) is 0 Å². The average molecular weight is 324 g/mol. The van der Waals surface area contributed by atoms with Crippen molar-refractivity contribution in [2.75, 3.05) is 24.7 Å². The summed E-state index contributed by atoms with van der Waals surface area (Å²) in [4.78, 5) is -0.0265. The largest absolute Gasteiger partial charge is 0.506 e. The predicted molar refractivity (Wildman–Crippen MR) is 82.9 cm³/mol. The van der Waals surface area contributed by atoms with Gasteiger partial charge in [-0.05, 0) is 24.3 Å². The molecule has 0 saturated carbocycles. The number of benzene rings is 2. The van der Waals surface area contributed by atoms with Crippen molar-refractivity contribution in [3.63, 3.8) is 0 Å². The first kappa shape index (κ1) is 15.8. The number of phenols is 1. The van der Waals surface area contributed by atoms with Gasteiger partial charge in [0.25, 0.3) is 10.0 Å². The number of hydrogen-bond donors (Lipinski definition) is 3. The second kappa shape index (κ2) is 6.02. The summed E-state index contributed by atoms with van der Waals surface area (Å²) in [6.45, 7) is 0. The Labute approximate surface area is 128 Å². The lowest BCUT2D eigenvalue weighted by atomic mass is 10.3. The zero-order chi connectivity index (χ0) is 16.3. The van der Waals surface area contributed by atoms with Crippen LogP contribution in [0.4, 0.5) is 11.4 Å². The standard InChI is InChI=1S/C14H16N2O5S/c1-20-13-6-4-10(8-14(13)21-2)22(18,19)16-11-5-3-9(15)7-12(11)17/h3-8,16-17H,15H2,1-2H3. The lowest BCUT2D eigenvalue weighted by Gasteiger charge is -2.12. The minimum absolute atomic E-state index is 0.0265. The fourth-order valence-corrected chi connectivity index (χ4v) is 2.91. The van der Waals surface area contributed by atoms with Gasteiger partial charge in [0, 0.05) is 17.8 Å².